The van der Waals surface area contributed by atoms with Crippen LogP contribution in [0.25, 0.3) is 16.8 Å². The van der Waals surface area contributed by atoms with Gasteiger partial charge in [-0.3, -0.25) is 4.98 Å². The van der Waals surface area contributed by atoms with E-state index in [1.807, 2.05) is 0 Å². The molecule has 0 amide bonds. The Kier molecular flexibility index (Phi) is 2.86. The topological polar surface area (TPSA) is 43.1 Å². The van der Waals surface area contributed by atoms with Gasteiger partial charge in [-0.05, 0) is 17.7 Å². The normalized spacial score (nSPS) is 12.0. The van der Waals surface area contributed by atoms with Crippen molar-refractivity contribution in [1.82, 2.24) is 19.6 Å². The molecule has 8 heteroatoms. The van der Waals surface area contributed by atoms with Crippen LogP contribution in [0.15, 0.2) is 36.8 Å². The lowest BCUT2D eigenvalue weighted by molar-refractivity contribution is -0.141. The van der Waals surface area contributed by atoms with Gasteiger partial charge in [0.15, 0.2) is 5.65 Å². The van der Waals surface area contributed by atoms with Crippen molar-refractivity contribution in [2.45, 2.75) is 6.18 Å². The Bertz CT molecular complexity index is 767. The van der Waals surface area contributed by atoms with Crippen LogP contribution in [0.2, 0.25) is 5.15 Å². The first-order valence-electron chi connectivity index (χ1n) is 5.48. The van der Waals surface area contributed by atoms with Crippen LogP contribution in [-0.2, 0) is 6.18 Å². The van der Waals surface area contributed by atoms with Gasteiger partial charge in [0.25, 0.3) is 0 Å². The second-order valence-corrected chi connectivity index (χ2v) is 4.38. The molecule has 0 saturated heterocycles. The molecule has 0 unspecified atom stereocenters. The summed E-state index contributed by atoms with van der Waals surface area (Å²) in [5.41, 5.74) is 0.125. The van der Waals surface area contributed by atoms with E-state index in [1.165, 1.54) is 18.6 Å². The number of halogens is 4. The predicted octanol–water partition coefficient (Wildman–Crippen LogP) is 3.46. The third-order valence-corrected chi connectivity index (χ3v) is 2.98. The number of fused-ring (bicyclic) bond motifs is 1. The molecule has 0 fully saturated rings. The minimum absolute atomic E-state index is 0.0519. The van der Waals surface area contributed by atoms with Gasteiger partial charge in [-0.1, -0.05) is 11.6 Å². The Morgan fingerprint density at radius 2 is 1.85 bits per heavy atom. The van der Waals surface area contributed by atoms with Crippen LogP contribution in [0.4, 0.5) is 13.2 Å². The molecule has 0 N–H and O–H groups in total. The van der Waals surface area contributed by atoms with E-state index >= 15 is 0 Å². The summed E-state index contributed by atoms with van der Waals surface area (Å²) < 4.78 is 39.5. The molecule has 0 bridgehead atoms. The fourth-order valence-corrected chi connectivity index (χ4v) is 2.03. The molecule has 3 rings (SSSR count). The SMILES string of the molecule is FC(F)(F)c1cc(Cl)n2ncc(-c3ccncc3)c2n1. The third-order valence-electron chi connectivity index (χ3n) is 2.71. The molecule has 20 heavy (non-hydrogen) atoms. The van der Waals surface area contributed by atoms with Crippen molar-refractivity contribution in [3.05, 3.63) is 47.6 Å². The molecule has 0 aromatic carbocycles. The first kappa shape index (κ1) is 12.9. The summed E-state index contributed by atoms with van der Waals surface area (Å²) in [6, 6.07) is 4.07. The summed E-state index contributed by atoms with van der Waals surface area (Å²) in [6.45, 7) is 0. The molecule has 0 atom stereocenters. The van der Waals surface area contributed by atoms with Crippen molar-refractivity contribution in [3.8, 4) is 11.1 Å². The average Bonchev–Trinajstić information content (AvgIpc) is 2.83. The van der Waals surface area contributed by atoms with Crippen molar-refractivity contribution >= 4 is 17.2 Å². The Morgan fingerprint density at radius 3 is 2.50 bits per heavy atom. The zero-order valence-electron chi connectivity index (χ0n) is 9.76. The fraction of sp³-hybridized carbons (Fsp3) is 0.0833. The van der Waals surface area contributed by atoms with Crippen LogP contribution in [-0.4, -0.2) is 19.6 Å². The fourth-order valence-electron chi connectivity index (χ4n) is 1.81. The summed E-state index contributed by atoms with van der Waals surface area (Å²) >= 11 is 5.82. The third kappa shape index (κ3) is 2.09. The van der Waals surface area contributed by atoms with Gasteiger partial charge in [0, 0.05) is 24.0 Å². The number of hydrogen-bond acceptors (Lipinski definition) is 3. The molecule has 102 valence electrons. The zero-order valence-corrected chi connectivity index (χ0v) is 10.5. The van der Waals surface area contributed by atoms with Crippen LogP contribution in [0.5, 0.6) is 0 Å². The molecule has 3 aromatic rings. The van der Waals surface area contributed by atoms with E-state index in [-0.39, 0.29) is 10.8 Å². The number of alkyl halides is 3. The van der Waals surface area contributed by atoms with Crippen LogP contribution in [0.3, 0.4) is 0 Å². The quantitative estimate of drug-likeness (QED) is 0.646. The van der Waals surface area contributed by atoms with Crippen molar-refractivity contribution in [1.29, 1.82) is 0 Å². The van der Waals surface area contributed by atoms with Gasteiger partial charge < -0.3 is 0 Å². The highest BCUT2D eigenvalue weighted by molar-refractivity contribution is 6.29. The molecular formula is C12H6ClF3N4. The first-order chi connectivity index (χ1) is 9.47. The Labute approximate surface area is 115 Å². The Balaban J connectivity index is 2.28. The van der Waals surface area contributed by atoms with Gasteiger partial charge in [-0.25, -0.2) is 9.50 Å². The lowest BCUT2D eigenvalue weighted by Gasteiger charge is -2.07. The maximum atomic E-state index is 12.8. The summed E-state index contributed by atoms with van der Waals surface area (Å²) in [5.74, 6) is 0. The van der Waals surface area contributed by atoms with E-state index < -0.39 is 11.9 Å². The zero-order chi connectivity index (χ0) is 14.3. The Morgan fingerprint density at radius 1 is 1.15 bits per heavy atom. The number of pyridine rings is 1. The summed E-state index contributed by atoms with van der Waals surface area (Å²) in [7, 11) is 0. The second kappa shape index (κ2) is 4.45. The van der Waals surface area contributed by atoms with Gasteiger partial charge >= 0.3 is 6.18 Å². The smallest absolute Gasteiger partial charge is 0.265 e. The van der Waals surface area contributed by atoms with Crippen LogP contribution in [0, 0.1) is 0 Å². The minimum Gasteiger partial charge on any atom is -0.265 e. The van der Waals surface area contributed by atoms with Crippen LogP contribution in [0.1, 0.15) is 5.69 Å². The number of rotatable bonds is 1. The van der Waals surface area contributed by atoms with Gasteiger partial charge in [-0.2, -0.15) is 18.3 Å². The average molecular weight is 299 g/mol. The highest BCUT2D eigenvalue weighted by Crippen LogP contribution is 2.32. The highest BCUT2D eigenvalue weighted by atomic mass is 35.5. The minimum atomic E-state index is -4.56. The molecule has 0 aliphatic heterocycles. The lowest BCUT2D eigenvalue weighted by Crippen LogP contribution is -2.10. The molecular weight excluding hydrogens is 293 g/mol. The number of aromatic nitrogens is 4. The van der Waals surface area contributed by atoms with Crippen molar-refractivity contribution in [3.63, 3.8) is 0 Å². The maximum Gasteiger partial charge on any atom is 0.433 e. The van der Waals surface area contributed by atoms with Crippen molar-refractivity contribution < 1.29 is 13.2 Å². The van der Waals surface area contributed by atoms with E-state index in [9.17, 15) is 13.2 Å². The first-order valence-corrected chi connectivity index (χ1v) is 5.86. The molecule has 0 radical (unpaired) electrons. The van der Waals surface area contributed by atoms with Crippen molar-refractivity contribution in [2.75, 3.05) is 0 Å². The van der Waals surface area contributed by atoms with Crippen LogP contribution < -0.4 is 0 Å². The summed E-state index contributed by atoms with van der Waals surface area (Å²) in [4.78, 5) is 7.47. The van der Waals surface area contributed by atoms with Crippen molar-refractivity contribution in [2.24, 2.45) is 0 Å². The monoisotopic (exact) mass is 298 g/mol. The van der Waals surface area contributed by atoms with Crippen LogP contribution >= 0.6 is 11.6 Å². The molecule has 0 spiro atoms. The summed E-state index contributed by atoms with van der Waals surface area (Å²) in [6.07, 6.45) is -0.0724. The van der Waals surface area contributed by atoms with E-state index in [0.29, 0.717) is 11.1 Å². The summed E-state index contributed by atoms with van der Waals surface area (Å²) in [5, 5.41) is 3.80. The largest absolute Gasteiger partial charge is 0.433 e. The predicted molar refractivity (Wildman–Crippen MR) is 66.2 cm³/mol. The van der Waals surface area contributed by atoms with E-state index in [1.54, 1.807) is 12.1 Å². The number of hydrogen-bond donors (Lipinski definition) is 0. The number of nitrogens with zero attached hydrogens (tertiary/aromatic N) is 4. The van der Waals surface area contributed by atoms with Gasteiger partial charge in [-0.15, -0.1) is 0 Å². The van der Waals surface area contributed by atoms with E-state index in [0.717, 1.165) is 10.6 Å². The Hall–Kier alpha value is -2.15. The van der Waals surface area contributed by atoms with E-state index in [2.05, 4.69) is 15.1 Å². The molecule has 4 nitrogen and oxygen atoms in total. The highest BCUT2D eigenvalue weighted by Gasteiger charge is 2.34. The van der Waals surface area contributed by atoms with Gasteiger partial charge in [0.1, 0.15) is 10.8 Å². The molecule has 0 aliphatic carbocycles. The maximum absolute atomic E-state index is 12.8. The molecule has 0 aliphatic rings. The van der Waals surface area contributed by atoms with Gasteiger partial charge in [0.05, 0.1) is 6.20 Å². The molecule has 0 saturated carbocycles. The molecule has 3 aromatic heterocycles. The standard InChI is InChI=1S/C12H6ClF3N4/c13-10-5-9(12(14,15)16)19-11-8(6-18-20(10)11)7-1-3-17-4-2-7/h1-6H. The van der Waals surface area contributed by atoms with E-state index in [4.69, 9.17) is 11.6 Å². The molecule has 3 heterocycles. The second-order valence-electron chi connectivity index (χ2n) is 3.99. The van der Waals surface area contributed by atoms with Gasteiger partial charge in [0.2, 0.25) is 0 Å². The lowest BCUT2D eigenvalue weighted by atomic mass is 10.1.